The number of nitrogens with one attached hydrogen (secondary N) is 2. The molecule has 0 spiro atoms. The number of Topliss-reactive ketones (excluding diaryl/α,β-unsaturated/α-hetero) is 1. The van der Waals surface area contributed by atoms with E-state index < -0.39 is 0 Å². The van der Waals surface area contributed by atoms with Crippen LogP contribution in [0, 0.1) is 11.8 Å². The topological polar surface area (TPSA) is 93.7 Å². The Morgan fingerprint density at radius 2 is 1.75 bits per heavy atom. The Bertz CT molecular complexity index is 427. The number of hydrogen-bond donors (Lipinski definition) is 2. The Morgan fingerprint density at radius 3 is 2.33 bits per heavy atom. The SMILES string of the molecule is COCC(=O)NCCOCC(=O)NC1CCC(C(=O)C(C)C)CC1.[HH].[HH]. The van der Waals surface area contributed by atoms with Crippen LogP contribution in [0.4, 0.5) is 0 Å². The zero-order chi connectivity index (χ0) is 17.9. The van der Waals surface area contributed by atoms with Gasteiger partial charge in [0, 0.05) is 34.4 Å². The highest BCUT2D eigenvalue weighted by molar-refractivity contribution is 5.83. The lowest BCUT2D eigenvalue weighted by Gasteiger charge is -2.29. The maximum Gasteiger partial charge on any atom is 0.246 e. The second kappa shape index (κ2) is 11.1. The Kier molecular flexibility index (Phi) is 9.56. The molecule has 7 nitrogen and oxygen atoms in total. The smallest absolute Gasteiger partial charge is 0.246 e. The fraction of sp³-hybridized carbons (Fsp3) is 0.824. The van der Waals surface area contributed by atoms with Gasteiger partial charge in [0.1, 0.15) is 19.0 Å². The van der Waals surface area contributed by atoms with Crippen LogP contribution >= 0.6 is 0 Å². The highest BCUT2D eigenvalue weighted by Gasteiger charge is 2.28. The molecule has 1 fully saturated rings. The fourth-order valence-electron chi connectivity index (χ4n) is 2.87. The predicted molar refractivity (Wildman–Crippen MR) is 93.7 cm³/mol. The first-order chi connectivity index (χ1) is 11.4. The van der Waals surface area contributed by atoms with Gasteiger partial charge in [-0.3, -0.25) is 14.4 Å². The second-order valence-electron chi connectivity index (χ2n) is 6.51. The highest BCUT2D eigenvalue weighted by Crippen LogP contribution is 2.27. The summed E-state index contributed by atoms with van der Waals surface area (Å²) in [6.45, 7) is 4.49. The fourth-order valence-corrected chi connectivity index (χ4v) is 2.87. The van der Waals surface area contributed by atoms with Gasteiger partial charge in [-0.2, -0.15) is 0 Å². The maximum atomic E-state index is 12.0. The van der Waals surface area contributed by atoms with Gasteiger partial charge in [-0.05, 0) is 25.7 Å². The molecule has 0 aromatic carbocycles. The van der Waals surface area contributed by atoms with Crippen molar-refractivity contribution in [2.45, 2.75) is 45.6 Å². The van der Waals surface area contributed by atoms with Crippen molar-refractivity contribution in [1.29, 1.82) is 0 Å². The van der Waals surface area contributed by atoms with Gasteiger partial charge >= 0.3 is 0 Å². The molecule has 1 aliphatic carbocycles. The van der Waals surface area contributed by atoms with Crippen molar-refractivity contribution in [1.82, 2.24) is 10.6 Å². The average molecular weight is 346 g/mol. The summed E-state index contributed by atoms with van der Waals surface area (Å²) in [5, 5.41) is 5.56. The largest absolute Gasteiger partial charge is 0.375 e. The van der Waals surface area contributed by atoms with Crippen molar-refractivity contribution in [2.24, 2.45) is 11.8 Å². The Balaban J connectivity index is 0. The van der Waals surface area contributed by atoms with Crippen molar-refractivity contribution >= 4 is 17.6 Å². The van der Waals surface area contributed by atoms with Gasteiger partial charge in [0.05, 0.1) is 6.61 Å². The number of methoxy groups -OCH3 is 1. The first kappa shape index (κ1) is 20.6. The third-order valence-corrected chi connectivity index (χ3v) is 4.14. The molecule has 0 aromatic rings. The van der Waals surface area contributed by atoms with Gasteiger partial charge < -0.3 is 20.1 Å². The average Bonchev–Trinajstić information content (AvgIpc) is 2.54. The lowest BCUT2D eigenvalue weighted by molar-refractivity contribution is -0.127. The molecule has 142 valence electrons. The van der Waals surface area contributed by atoms with Crippen molar-refractivity contribution in [3.63, 3.8) is 0 Å². The van der Waals surface area contributed by atoms with Crippen LogP contribution in [-0.2, 0) is 23.9 Å². The number of amides is 2. The number of hydrogen-bond acceptors (Lipinski definition) is 5. The van der Waals surface area contributed by atoms with E-state index in [-0.39, 0.29) is 52.4 Å². The minimum Gasteiger partial charge on any atom is -0.375 e. The van der Waals surface area contributed by atoms with Crippen LogP contribution in [-0.4, -0.2) is 57.1 Å². The quantitative estimate of drug-likeness (QED) is 0.579. The zero-order valence-electron chi connectivity index (χ0n) is 14.9. The minimum atomic E-state index is -0.210. The number of carbonyl (C=O) groups is 3. The van der Waals surface area contributed by atoms with Gasteiger partial charge in [0.25, 0.3) is 0 Å². The van der Waals surface area contributed by atoms with Gasteiger partial charge in [0.2, 0.25) is 11.8 Å². The molecule has 2 N–H and O–H groups in total. The zero-order valence-corrected chi connectivity index (χ0v) is 14.9. The summed E-state index contributed by atoms with van der Waals surface area (Å²) in [5.74, 6) is 0.192. The first-order valence-electron chi connectivity index (χ1n) is 8.60. The molecule has 0 unspecified atom stereocenters. The van der Waals surface area contributed by atoms with Gasteiger partial charge in [-0.25, -0.2) is 0 Å². The molecule has 0 radical (unpaired) electrons. The predicted octanol–water partition coefficient (Wildman–Crippen LogP) is 1.16. The van der Waals surface area contributed by atoms with Crippen LogP contribution in [0.25, 0.3) is 0 Å². The summed E-state index contributed by atoms with van der Waals surface area (Å²) < 4.78 is 9.92. The summed E-state index contributed by atoms with van der Waals surface area (Å²) in [4.78, 5) is 34.9. The Morgan fingerprint density at radius 1 is 1.08 bits per heavy atom. The van der Waals surface area contributed by atoms with E-state index in [1.165, 1.54) is 7.11 Å². The molecule has 0 aliphatic heterocycles. The van der Waals surface area contributed by atoms with Gasteiger partial charge in [-0.1, -0.05) is 13.8 Å². The van der Waals surface area contributed by atoms with E-state index in [0.29, 0.717) is 12.3 Å². The molecular weight excluding hydrogens is 312 g/mol. The lowest BCUT2D eigenvalue weighted by Crippen LogP contribution is -2.41. The van der Waals surface area contributed by atoms with Crippen LogP contribution in [0.15, 0.2) is 0 Å². The highest BCUT2D eigenvalue weighted by atomic mass is 16.5. The van der Waals surface area contributed by atoms with Gasteiger partial charge in [0.15, 0.2) is 0 Å². The first-order valence-corrected chi connectivity index (χ1v) is 8.60. The van der Waals surface area contributed by atoms with Gasteiger partial charge in [-0.15, -0.1) is 0 Å². The second-order valence-corrected chi connectivity index (χ2v) is 6.51. The molecule has 1 aliphatic rings. The van der Waals surface area contributed by atoms with E-state index in [4.69, 9.17) is 4.74 Å². The molecule has 0 heterocycles. The van der Waals surface area contributed by atoms with E-state index in [0.717, 1.165) is 25.7 Å². The van der Waals surface area contributed by atoms with Crippen LogP contribution in [0.2, 0.25) is 0 Å². The summed E-state index contributed by atoms with van der Waals surface area (Å²) >= 11 is 0. The molecule has 1 saturated carbocycles. The molecule has 0 aromatic heterocycles. The monoisotopic (exact) mass is 346 g/mol. The Labute approximate surface area is 146 Å². The minimum absolute atomic E-state index is 0. The van der Waals surface area contributed by atoms with E-state index >= 15 is 0 Å². The third kappa shape index (κ3) is 7.88. The van der Waals surface area contributed by atoms with Crippen molar-refractivity contribution in [3.8, 4) is 0 Å². The number of rotatable bonds is 10. The number of ether oxygens (including phenoxy) is 2. The molecule has 0 saturated heterocycles. The maximum absolute atomic E-state index is 12.0. The molecule has 7 heteroatoms. The molecular formula is C17H34N2O5. The summed E-state index contributed by atoms with van der Waals surface area (Å²) in [6.07, 6.45) is 3.35. The summed E-state index contributed by atoms with van der Waals surface area (Å²) in [5.41, 5.74) is 0. The lowest BCUT2D eigenvalue weighted by atomic mass is 9.80. The Hall–Kier alpha value is -1.47. The summed E-state index contributed by atoms with van der Waals surface area (Å²) in [7, 11) is 1.45. The molecule has 2 amide bonds. The molecule has 24 heavy (non-hydrogen) atoms. The van der Waals surface area contributed by atoms with E-state index in [2.05, 4.69) is 15.4 Å². The number of ketones is 1. The third-order valence-electron chi connectivity index (χ3n) is 4.14. The van der Waals surface area contributed by atoms with E-state index in [9.17, 15) is 14.4 Å². The van der Waals surface area contributed by atoms with Crippen LogP contribution in [0.3, 0.4) is 0 Å². The molecule has 0 bridgehead atoms. The molecule has 1 rings (SSSR count). The van der Waals surface area contributed by atoms with Crippen molar-refractivity contribution < 1.29 is 26.7 Å². The standard InChI is InChI=1S/C17H30N2O5.2H2/c1-12(2)17(22)13-4-6-14(7-5-13)19-16(21)11-24-9-8-18-15(20)10-23-3;;/h12-14H,4-11H2,1-3H3,(H,18,20)(H,19,21);2*1H. The normalized spacial score (nSPS) is 20.7. The van der Waals surface area contributed by atoms with Crippen molar-refractivity contribution in [3.05, 3.63) is 0 Å². The van der Waals surface area contributed by atoms with Crippen LogP contribution in [0.5, 0.6) is 0 Å². The van der Waals surface area contributed by atoms with Crippen molar-refractivity contribution in [2.75, 3.05) is 33.5 Å². The van der Waals surface area contributed by atoms with E-state index in [1.807, 2.05) is 13.8 Å². The van der Waals surface area contributed by atoms with E-state index in [1.54, 1.807) is 0 Å². The molecule has 0 atom stereocenters. The van der Waals surface area contributed by atoms with Crippen LogP contribution < -0.4 is 10.6 Å². The number of carbonyl (C=O) groups excluding carboxylic acids is 3. The van der Waals surface area contributed by atoms with Crippen LogP contribution in [0.1, 0.15) is 42.4 Å². The summed E-state index contributed by atoms with van der Waals surface area (Å²) in [6, 6.07) is 0.124.